The average Bonchev–Trinajstić information content (AvgIpc) is 3.12. The number of aromatic nitrogens is 2. The van der Waals surface area contributed by atoms with E-state index in [-0.39, 0.29) is 17.6 Å². The third kappa shape index (κ3) is 3.83. The summed E-state index contributed by atoms with van der Waals surface area (Å²) in [5, 5.41) is 3.74. The number of aryl methyl sites for hydroxylation is 1. The Bertz CT molecular complexity index is 867. The number of nitrogens with zero attached hydrogens (tertiary/aromatic N) is 3. The zero-order chi connectivity index (χ0) is 17.2. The molecule has 0 saturated carbocycles. The second-order valence-corrected chi connectivity index (χ2v) is 8.18. The highest BCUT2D eigenvalue weighted by molar-refractivity contribution is 7.89. The van der Waals surface area contributed by atoms with Crippen molar-refractivity contribution in [1.29, 1.82) is 0 Å². The zero-order valence-corrected chi connectivity index (χ0v) is 14.3. The summed E-state index contributed by atoms with van der Waals surface area (Å²) in [5.74, 6) is 3.02. The molecule has 0 radical (unpaired) electrons. The summed E-state index contributed by atoms with van der Waals surface area (Å²) < 4.78 is 27.8. The number of sulfone groups is 1. The van der Waals surface area contributed by atoms with E-state index in [9.17, 15) is 8.42 Å². The van der Waals surface area contributed by atoms with E-state index in [0.29, 0.717) is 19.0 Å². The van der Waals surface area contributed by atoms with Crippen LogP contribution in [0.5, 0.6) is 0 Å². The highest BCUT2D eigenvalue weighted by Gasteiger charge is 2.28. The first-order valence-electron chi connectivity index (χ1n) is 7.71. The fourth-order valence-corrected chi connectivity index (χ4v) is 3.71. The molecular formula is C17H19N3O3S. The molecule has 1 aromatic carbocycles. The van der Waals surface area contributed by atoms with Crippen molar-refractivity contribution in [3.8, 4) is 12.3 Å². The van der Waals surface area contributed by atoms with Gasteiger partial charge >= 0.3 is 0 Å². The number of hydrogen-bond donors (Lipinski definition) is 0. The van der Waals surface area contributed by atoms with Crippen molar-refractivity contribution in [3.63, 3.8) is 0 Å². The largest absolute Gasteiger partial charge is 0.338 e. The molecule has 1 aliphatic carbocycles. The van der Waals surface area contributed by atoms with Gasteiger partial charge in [0.2, 0.25) is 5.89 Å². The standard InChI is InChI=1S/C17H19N3O3S/c1-3-10-20(15-9-8-13-6-4-5-7-14(13)15)11-17-18-16(19-23-17)12-24(2,21)22/h1,4-7,15H,8-12H2,2H3/t15-/m1/s1. The zero-order valence-electron chi connectivity index (χ0n) is 13.5. The van der Waals surface area contributed by atoms with Crippen molar-refractivity contribution in [3.05, 3.63) is 47.1 Å². The van der Waals surface area contributed by atoms with E-state index < -0.39 is 9.84 Å². The van der Waals surface area contributed by atoms with Gasteiger partial charge in [-0.05, 0) is 24.0 Å². The Labute approximate surface area is 141 Å². The van der Waals surface area contributed by atoms with Crippen LogP contribution in [-0.2, 0) is 28.6 Å². The summed E-state index contributed by atoms with van der Waals surface area (Å²) in [5.41, 5.74) is 2.62. The topological polar surface area (TPSA) is 76.3 Å². The molecule has 7 heteroatoms. The summed E-state index contributed by atoms with van der Waals surface area (Å²) in [6, 6.07) is 8.55. The van der Waals surface area contributed by atoms with Gasteiger partial charge in [0.25, 0.3) is 0 Å². The quantitative estimate of drug-likeness (QED) is 0.742. The smallest absolute Gasteiger partial charge is 0.240 e. The fourth-order valence-electron chi connectivity index (χ4n) is 3.13. The van der Waals surface area contributed by atoms with Gasteiger partial charge in [0.1, 0.15) is 5.75 Å². The van der Waals surface area contributed by atoms with Gasteiger partial charge in [0, 0.05) is 12.3 Å². The fraction of sp³-hybridized carbons (Fsp3) is 0.412. The third-order valence-electron chi connectivity index (χ3n) is 4.08. The van der Waals surface area contributed by atoms with Crippen LogP contribution in [-0.4, -0.2) is 36.3 Å². The lowest BCUT2D eigenvalue weighted by Crippen LogP contribution is -2.27. The molecule has 0 unspecified atom stereocenters. The van der Waals surface area contributed by atoms with Gasteiger partial charge in [0.15, 0.2) is 15.7 Å². The van der Waals surface area contributed by atoms with Gasteiger partial charge in [0.05, 0.1) is 13.1 Å². The van der Waals surface area contributed by atoms with Crippen LogP contribution < -0.4 is 0 Å². The molecule has 0 N–H and O–H groups in total. The normalized spacial score (nSPS) is 17.0. The van der Waals surface area contributed by atoms with Gasteiger partial charge < -0.3 is 4.52 Å². The summed E-state index contributed by atoms with van der Waals surface area (Å²) in [7, 11) is -3.19. The Morgan fingerprint density at radius 2 is 2.21 bits per heavy atom. The Kier molecular flexibility index (Phi) is 4.69. The Hall–Kier alpha value is -2.17. The van der Waals surface area contributed by atoms with Crippen LogP contribution in [0.3, 0.4) is 0 Å². The van der Waals surface area contributed by atoms with E-state index in [1.807, 2.05) is 12.1 Å². The number of terminal acetylenes is 1. The predicted molar refractivity (Wildman–Crippen MR) is 89.6 cm³/mol. The Morgan fingerprint density at radius 3 is 2.96 bits per heavy atom. The molecule has 0 aliphatic heterocycles. The van der Waals surface area contributed by atoms with Crippen molar-refractivity contribution >= 4 is 9.84 Å². The minimum absolute atomic E-state index is 0.181. The molecule has 126 valence electrons. The molecule has 0 bridgehead atoms. The van der Waals surface area contributed by atoms with Gasteiger partial charge in [-0.3, -0.25) is 4.90 Å². The van der Waals surface area contributed by atoms with Crippen LogP contribution in [0.15, 0.2) is 28.8 Å². The lowest BCUT2D eigenvalue weighted by molar-refractivity contribution is 0.185. The third-order valence-corrected chi connectivity index (χ3v) is 4.86. The Balaban J connectivity index is 1.77. The molecule has 1 aromatic heterocycles. The molecule has 2 aromatic rings. The second kappa shape index (κ2) is 6.75. The van der Waals surface area contributed by atoms with E-state index in [0.717, 1.165) is 19.1 Å². The van der Waals surface area contributed by atoms with Crippen LogP contribution >= 0.6 is 0 Å². The lowest BCUT2D eigenvalue weighted by Gasteiger charge is -2.26. The molecule has 0 spiro atoms. The van der Waals surface area contributed by atoms with Gasteiger partial charge in [-0.25, -0.2) is 8.42 Å². The first-order chi connectivity index (χ1) is 11.5. The molecular weight excluding hydrogens is 326 g/mol. The average molecular weight is 345 g/mol. The lowest BCUT2D eigenvalue weighted by atomic mass is 10.1. The van der Waals surface area contributed by atoms with Crippen LogP contribution in [0.2, 0.25) is 0 Å². The first-order valence-corrected chi connectivity index (χ1v) is 9.77. The maximum absolute atomic E-state index is 11.3. The van der Waals surface area contributed by atoms with Crippen molar-refractivity contribution < 1.29 is 12.9 Å². The SMILES string of the molecule is C#CCN(Cc1nc(CS(C)(=O)=O)no1)[C@@H]1CCc2ccccc21. The second-order valence-electron chi connectivity index (χ2n) is 6.04. The number of hydrogen-bond acceptors (Lipinski definition) is 6. The molecule has 0 saturated heterocycles. The molecule has 1 heterocycles. The van der Waals surface area contributed by atoms with Crippen molar-refractivity contribution in [2.24, 2.45) is 0 Å². The van der Waals surface area contributed by atoms with E-state index in [4.69, 9.17) is 10.9 Å². The summed E-state index contributed by atoms with van der Waals surface area (Å²) in [6.07, 6.45) is 8.67. The molecule has 1 aliphatic rings. The van der Waals surface area contributed by atoms with Gasteiger partial charge in [-0.1, -0.05) is 35.3 Å². The van der Waals surface area contributed by atoms with Gasteiger partial charge in [-0.2, -0.15) is 4.98 Å². The minimum atomic E-state index is -3.19. The monoisotopic (exact) mass is 345 g/mol. The van der Waals surface area contributed by atoms with Crippen LogP contribution in [0.1, 0.15) is 35.3 Å². The van der Waals surface area contributed by atoms with E-state index >= 15 is 0 Å². The first kappa shape index (κ1) is 16.7. The summed E-state index contributed by atoms with van der Waals surface area (Å²) in [6.45, 7) is 0.864. The number of rotatable bonds is 6. The van der Waals surface area contributed by atoms with E-state index in [1.54, 1.807) is 0 Å². The highest BCUT2D eigenvalue weighted by Crippen LogP contribution is 2.36. The van der Waals surface area contributed by atoms with Crippen molar-refractivity contribution in [2.75, 3.05) is 12.8 Å². The summed E-state index contributed by atoms with van der Waals surface area (Å²) in [4.78, 5) is 6.29. The Morgan fingerprint density at radius 1 is 1.42 bits per heavy atom. The molecule has 3 rings (SSSR count). The molecule has 1 atom stereocenters. The van der Waals surface area contributed by atoms with Crippen LogP contribution in [0, 0.1) is 12.3 Å². The van der Waals surface area contributed by atoms with Crippen molar-refractivity contribution in [2.45, 2.75) is 31.2 Å². The van der Waals surface area contributed by atoms with Crippen LogP contribution in [0.4, 0.5) is 0 Å². The van der Waals surface area contributed by atoms with Crippen molar-refractivity contribution in [1.82, 2.24) is 15.0 Å². The summed E-state index contributed by atoms with van der Waals surface area (Å²) >= 11 is 0. The molecule has 0 amide bonds. The maximum atomic E-state index is 11.3. The highest BCUT2D eigenvalue weighted by atomic mass is 32.2. The predicted octanol–water partition coefficient (Wildman–Crippen LogP) is 1.74. The van der Waals surface area contributed by atoms with E-state index in [1.165, 1.54) is 11.1 Å². The molecule has 24 heavy (non-hydrogen) atoms. The van der Waals surface area contributed by atoms with Gasteiger partial charge in [-0.15, -0.1) is 6.42 Å². The maximum Gasteiger partial charge on any atom is 0.240 e. The minimum Gasteiger partial charge on any atom is -0.338 e. The molecule has 0 fully saturated rings. The van der Waals surface area contributed by atoms with E-state index in [2.05, 4.69) is 33.1 Å². The number of fused-ring (bicyclic) bond motifs is 1. The van der Waals surface area contributed by atoms with Crippen LogP contribution in [0.25, 0.3) is 0 Å². The number of benzene rings is 1. The molecule has 6 nitrogen and oxygen atoms in total.